The summed E-state index contributed by atoms with van der Waals surface area (Å²) in [5, 5.41) is 3.33. The largest absolute Gasteiger partial charge is 0.493 e. The molecule has 248 valence electrons. The molecule has 0 aliphatic carbocycles. The van der Waals surface area contributed by atoms with Gasteiger partial charge in [0.05, 0.1) is 24.8 Å². The summed E-state index contributed by atoms with van der Waals surface area (Å²) in [6, 6.07) is 25.1. The van der Waals surface area contributed by atoms with Gasteiger partial charge in [-0.15, -0.1) is 0 Å². The van der Waals surface area contributed by atoms with E-state index >= 15 is 0 Å². The molecule has 0 aliphatic rings. The zero-order valence-corrected chi connectivity index (χ0v) is 28.8. The number of halogens is 1. The summed E-state index contributed by atoms with van der Waals surface area (Å²) in [5.74, 6) is -0.339. The molecule has 0 spiro atoms. The molecule has 0 heterocycles. The molecule has 1 atom stereocenters. The molecule has 0 unspecified atom stereocenters. The van der Waals surface area contributed by atoms with Crippen molar-refractivity contribution in [2.75, 3.05) is 31.6 Å². The number of carbonyl (C=O) groups is 2. The normalized spacial score (nSPS) is 11.8. The van der Waals surface area contributed by atoms with E-state index in [0.29, 0.717) is 28.6 Å². The van der Waals surface area contributed by atoms with E-state index in [4.69, 9.17) is 21.1 Å². The average Bonchev–Trinajstić information content (AvgIpc) is 3.04. The highest BCUT2D eigenvalue weighted by Crippen LogP contribution is 2.33. The van der Waals surface area contributed by atoms with Crippen molar-refractivity contribution in [1.82, 2.24) is 10.2 Å². The first kappa shape index (κ1) is 35.3. The van der Waals surface area contributed by atoms with Crippen molar-refractivity contribution in [1.29, 1.82) is 0 Å². The van der Waals surface area contributed by atoms with E-state index < -0.39 is 28.5 Å². The van der Waals surface area contributed by atoms with Gasteiger partial charge in [-0.1, -0.05) is 60.1 Å². The van der Waals surface area contributed by atoms with E-state index in [1.165, 1.54) is 37.3 Å². The van der Waals surface area contributed by atoms with Crippen molar-refractivity contribution >= 4 is 39.1 Å². The van der Waals surface area contributed by atoms with Crippen LogP contribution in [0.15, 0.2) is 95.9 Å². The standard InChI is InChI=1S/C36H40ClN3O6S/c1-6-38-36(42)32(21-27-11-8-7-9-12-27)39(23-28-13-10-14-29(37)20-28)35(41)24-40(30-18-25(2)17-26(3)19-30)47(43,44)31-15-16-33(45-4)34(22-31)46-5/h7-20,22,32H,6,21,23-24H2,1-5H3,(H,38,42)/t32-/m1/s1. The molecule has 0 saturated carbocycles. The number of hydrogen-bond donors (Lipinski definition) is 1. The predicted octanol–water partition coefficient (Wildman–Crippen LogP) is 5.95. The molecule has 11 heteroatoms. The maximum absolute atomic E-state index is 14.6. The number of hydrogen-bond acceptors (Lipinski definition) is 6. The molecule has 2 amide bonds. The summed E-state index contributed by atoms with van der Waals surface area (Å²) in [6.07, 6.45) is 0.213. The first-order valence-electron chi connectivity index (χ1n) is 15.2. The molecule has 0 fully saturated rings. The highest BCUT2D eigenvalue weighted by molar-refractivity contribution is 7.92. The van der Waals surface area contributed by atoms with Gasteiger partial charge in [-0.3, -0.25) is 13.9 Å². The van der Waals surface area contributed by atoms with Crippen LogP contribution in [0.4, 0.5) is 5.69 Å². The number of nitrogens with one attached hydrogen (secondary N) is 1. The quantitative estimate of drug-likeness (QED) is 0.177. The molecule has 0 aliphatic heterocycles. The van der Waals surface area contributed by atoms with E-state index in [9.17, 15) is 18.0 Å². The molecule has 9 nitrogen and oxygen atoms in total. The molecule has 0 saturated heterocycles. The molecule has 0 radical (unpaired) electrons. The minimum atomic E-state index is -4.34. The number of carbonyl (C=O) groups excluding carboxylic acids is 2. The van der Waals surface area contributed by atoms with Crippen LogP contribution in [0.5, 0.6) is 11.5 Å². The summed E-state index contributed by atoms with van der Waals surface area (Å²) in [7, 11) is -1.46. The van der Waals surface area contributed by atoms with Gasteiger partial charge in [0.15, 0.2) is 11.5 Å². The van der Waals surface area contributed by atoms with E-state index in [-0.39, 0.29) is 29.5 Å². The number of likely N-dealkylation sites (N-methyl/N-ethyl adjacent to an activating group) is 1. The number of nitrogens with zero attached hydrogens (tertiary/aromatic N) is 2. The van der Waals surface area contributed by atoms with Gasteiger partial charge < -0.3 is 19.7 Å². The number of anilines is 1. The minimum absolute atomic E-state index is 0.0190. The Labute approximate surface area is 282 Å². The lowest BCUT2D eigenvalue weighted by atomic mass is 10.0. The van der Waals surface area contributed by atoms with Gasteiger partial charge in [-0.2, -0.15) is 0 Å². The molecular weight excluding hydrogens is 638 g/mol. The summed E-state index contributed by atoms with van der Waals surface area (Å²) in [4.78, 5) is 29.6. The zero-order chi connectivity index (χ0) is 34.1. The summed E-state index contributed by atoms with van der Waals surface area (Å²) in [6.45, 7) is 5.31. The second kappa shape index (κ2) is 15.8. The van der Waals surface area contributed by atoms with Crippen molar-refractivity contribution in [2.45, 2.75) is 44.7 Å². The van der Waals surface area contributed by atoms with Gasteiger partial charge >= 0.3 is 0 Å². The Balaban J connectivity index is 1.85. The third kappa shape index (κ3) is 8.84. The Bertz CT molecular complexity index is 1800. The van der Waals surface area contributed by atoms with E-state index in [1.807, 2.05) is 56.3 Å². The predicted molar refractivity (Wildman–Crippen MR) is 185 cm³/mol. The lowest BCUT2D eigenvalue weighted by Crippen LogP contribution is -2.53. The van der Waals surface area contributed by atoms with Crippen LogP contribution < -0.4 is 19.1 Å². The fourth-order valence-electron chi connectivity index (χ4n) is 5.41. The first-order valence-corrected chi connectivity index (χ1v) is 17.0. The average molecular weight is 678 g/mol. The monoisotopic (exact) mass is 677 g/mol. The summed E-state index contributed by atoms with van der Waals surface area (Å²) < 4.78 is 40.7. The van der Waals surface area contributed by atoms with Gasteiger partial charge in [0.1, 0.15) is 12.6 Å². The van der Waals surface area contributed by atoms with Gasteiger partial charge in [0, 0.05) is 30.6 Å². The Hall–Kier alpha value is -4.54. The fraction of sp³-hybridized carbons (Fsp3) is 0.278. The Morgan fingerprint density at radius 2 is 1.49 bits per heavy atom. The lowest BCUT2D eigenvalue weighted by molar-refractivity contribution is -0.140. The number of rotatable bonds is 14. The molecule has 4 aromatic rings. The van der Waals surface area contributed by atoms with Crippen molar-refractivity contribution in [3.8, 4) is 11.5 Å². The van der Waals surface area contributed by atoms with Crippen molar-refractivity contribution < 1.29 is 27.5 Å². The number of ether oxygens (including phenoxy) is 2. The first-order chi connectivity index (χ1) is 22.5. The van der Waals surface area contributed by atoms with E-state index in [1.54, 1.807) is 37.3 Å². The van der Waals surface area contributed by atoms with Gasteiger partial charge in [-0.25, -0.2) is 8.42 Å². The molecule has 0 bridgehead atoms. The van der Waals surface area contributed by atoms with Gasteiger partial charge in [-0.05, 0) is 79.4 Å². The van der Waals surface area contributed by atoms with Crippen LogP contribution in [0.1, 0.15) is 29.2 Å². The molecular formula is C36H40ClN3O6S. The summed E-state index contributed by atoms with van der Waals surface area (Å²) >= 11 is 6.31. The highest BCUT2D eigenvalue weighted by Gasteiger charge is 2.35. The molecule has 4 rings (SSSR count). The minimum Gasteiger partial charge on any atom is -0.493 e. The second-order valence-corrected chi connectivity index (χ2v) is 13.4. The SMILES string of the molecule is CCNC(=O)[C@@H](Cc1ccccc1)N(Cc1cccc(Cl)c1)C(=O)CN(c1cc(C)cc(C)c1)S(=O)(=O)c1ccc(OC)c(OC)c1. The molecule has 1 N–H and O–H groups in total. The number of amides is 2. The molecule has 0 aromatic heterocycles. The van der Waals surface area contributed by atoms with Crippen LogP contribution >= 0.6 is 11.6 Å². The maximum atomic E-state index is 14.6. The Kier molecular flexibility index (Phi) is 11.9. The van der Waals surface area contributed by atoms with Crippen molar-refractivity contribution in [2.24, 2.45) is 0 Å². The number of aryl methyl sites for hydroxylation is 2. The third-order valence-corrected chi connectivity index (χ3v) is 9.59. The number of methoxy groups -OCH3 is 2. The topological polar surface area (TPSA) is 105 Å². The Morgan fingerprint density at radius 1 is 0.830 bits per heavy atom. The fourth-order valence-corrected chi connectivity index (χ4v) is 7.03. The van der Waals surface area contributed by atoms with Crippen LogP contribution in [0, 0.1) is 13.8 Å². The smallest absolute Gasteiger partial charge is 0.264 e. The van der Waals surface area contributed by atoms with Crippen LogP contribution in [-0.2, 0) is 32.6 Å². The number of benzene rings is 4. The van der Waals surface area contributed by atoms with E-state index in [0.717, 1.165) is 21.0 Å². The second-order valence-electron chi connectivity index (χ2n) is 11.1. The van der Waals surface area contributed by atoms with Crippen molar-refractivity contribution in [3.63, 3.8) is 0 Å². The van der Waals surface area contributed by atoms with Gasteiger partial charge in [0.25, 0.3) is 10.0 Å². The van der Waals surface area contributed by atoms with Gasteiger partial charge in [0.2, 0.25) is 11.8 Å². The van der Waals surface area contributed by atoms with E-state index in [2.05, 4.69) is 5.32 Å². The molecule has 4 aromatic carbocycles. The van der Waals surface area contributed by atoms with Crippen LogP contribution in [0.3, 0.4) is 0 Å². The third-order valence-electron chi connectivity index (χ3n) is 7.58. The van der Waals surface area contributed by atoms with Crippen molar-refractivity contribution in [3.05, 3.63) is 118 Å². The summed E-state index contributed by atoms with van der Waals surface area (Å²) in [5.41, 5.74) is 3.48. The van der Waals surface area contributed by atoms with Crippen LogP contribution in [-0.4, -0.2) is 58.5 Å². The highest BCUT2D eigenvalue weighted by atomic mass is 35.5. The molecule has 47 heavy (non-hydrogen) atoms. The number of sulfonamides is 1. The zero-order valence-electron chi connectivity index (χ0n) is 27.2. The lowest BCUT2D eigenvalue weighted by Gasteiger charge is -2.34. The van der Waals surface area contributed by atoms with Crippen LogP contribution in [0.25, 0.3) is 0 Å². The Morgan fingerprint density at radius 3 is 2.11 bits per heavy atom. The maximum Gasteiger partial charge on any atom is 0.264 e. The van der Waals surface area contributed by atoms with Crippen LogP contribution in [0.2, 0.25) is 5.02 Å².